The van der Waals surface area contributed by atoms with Crippen molar-refractivity contribution in [1.29, 1.82) is 5.26 Å². The van der Waals surface area contributed by atoms with Crippen LogP contribution in [0.2, 0.25) is 0 Å². The fourth-order valence-corrected chi connectivity index (χ4v) is 1.38. The van der Waals surface area contributed by atoms with Crippen molar-refractivity contribution in [3.8, 4) is 17.7 Å². The number of anilines is 1. The number of rotatable bonds is 2. The second-order valence-electron chi connectivity index (χ2n) is 3.68. The molecule has 0 radical (unpaired) electrons. The summed E-state index contributed by atoms with van der Waals surface area (Å²) in [5, 5.41) is 8.61. The van der Waals surface area contributed by atoms with Crippen LogP contribution in [0.5, 0.6) is 11.6 Å². The van der Waals surface area contributed by atoms with E-state index in [0.29, 0.717) is 17.3 Å². The number of nitrogens with two attached hydrogens (primary N) is 1. The van der Waals surface area contributed by atoms with Crippen LogP contribution in [-0.4, -0.2) is 4.98 Å². The van der Waals surface area contributed by atoms with Gasteiger partial charge in [0.2, 0.25) is 5.88 Å². The van der Waals surface area contributed by atoms with Gasteiger partial charge in [-0.1, -0.05) is 0 Å². The number of nitrogen functional groups attached to an aromatic ring is 1. The van der Waals surface area contributed by atoms with Gasteiger partial charge in [0.05, 0.1) is 16.9 Å². The fraction of sp³-hybridized carbons (Fsp3) is 0.0769. The van der Waals surface area contributed by atoms with E-state index in [0.717, 1.165) is 6.07 Å². The van der Waals surface area contributed by atoms with Gasteiger partial charge in [-0.2, -0.15) is 5.26 Å². The Bertz CT molecular complexity index is 635. The fourth-order valence-electron chi connectivity index (χ4n) is 1.38. The van der Waals surface area contributed by atoms with Crippen LogP contribution in [0.1, 0.15) is 11.3 Å². The molecule has 1 heterocycles. The van der Waals surface area contributed by atoms with Crippen LogP contribution < -0.4 is 10.5 Å². The minimum atomic E-state index is -0.623. The van der Waals surface area contributed by atoms with Gasteiger partial charge in [-0.3, -0.25) is 0 Å². The first-order valence-corrected chi connectivity index (χ1v) is 5.21. The summed E-state index contributed by atoms with van der Waals surface area (Å²) in [7, 11) is 0. The van der Waals surface area contributed by atoms with E-state index in [1.807, 2.05) is 0 Å². The van der Waals surface area contributed by atoms with E-state index in [1.165, 1.54) is 12.1 Å². The van der Waals surface area contributed by atoms with Gasteiger partial charge < -0.3 is 10.5 Å². The molecule has 90 valence electrons. The molecular weight excluding hydrogens is 233 g/mol. The highest BCUT2D eigenvalue weighted by Gasteiger charge is 2.06. The normalized spacial score (nSPS) is 9.83. The van der Waals surface area contributed by atoms with Gasteiger partial charge in [-0.25, -0.2) is 9.37 Å². The molecule has 0 saturated heterocycles. The number of nitriles is 1. The van der Waals surface area contributed by atoms with E-state index in [1.54, 1.807) is 25.1 Å². The summed E-state index contributed by atoms with van der Waals surface area (Å²) in [4.78, 5) is 4.11. The predicted octanol–water partition coefficient (Wildman–Crippen LogP) is 2.78. The Hall–Kier alpha value is -2.61. The number of nitrogens with zero attached hydrogens (tertiary/aromatic N) is 2. The predicted molar refractivity (Wildman–Crippen MR) is 64.6 cm³/mol. The molecule has 1 aromatic heterocycles. The van der Waals surface area contributed by atoms with Crippen molar-refractivity contribution < 1.29 is 9.13 Å². The summed E-state index contributed by atoms with van der Waals surface area (Å²) >= 11 is 0. The molecule has 0 aliphatic rings. The lowest BCUT2D eigenvalue weighted by Gasteiger charge is -2.07. The Labute approximate surface area is 103 Å². The Balaban J connectivity index is 2.26. The molecular formula is C13H10FN3O. The van der Waals surface area contributed by atoms with Crippen LogP contribution in [0.3, 0.4) is 0 Å². The summed E-state index contributed by atoms with van der Waals surface area (Å²) in [6.07, 6.45) is 0. The zero-order valence-electron chi connectivity index (χ0n) is 9.64. The summed E-state index contributed by atoms with van der Waals surface area (Å²) in [5.74, 6) is -0.0175. The highest BCUT2D eigenvalue weighted by molar-refractivity contribution is 5.44. The largest absolute Gasteiger partial charge is 0.439 e. The number of aryl methyl sites for hydroxylation is 1. The molecule has 2 rings (SSSR count). The molecule has 4 nitrogen and oxygen atoms in total. The third-order valence-corrected chi connectivity index (χ3v) is 2.38. The molecule has 5 heteroatoms. The van der Waals surface area contributed by atoms with Crippen molar-refractivity contribution in [2.75, 3.05) is 5.73 Å². The van der Waals surface area contributed by atoms with Crippen molar-refractivity contribution >= 4 is 5.69 Å². The summed E-state index contributed by atoms with van der Waals surface area (Å²) < 4.78 is 18.7. The highest BCUT2D eigenvalue weighted by Crippen LogP contribution is 2.23. The first-order valence-electron chi connectivity index (χ1n) is 5.21. The topological polar surface area (TPSA) is 71.9 Å². The minimum absolute atomic E-state index is 0.0243. The van der Waals surface area contributed by atoms with E-state index in [9.17, 15) is 4.39 Å². The molecule has 18 heavy (non-hydrogen) atoms. The van der Waals surface area contributed by atoms with Crippen LogP contribution in [0.25, 0.3) is 0 Å². The van der Waals surface area contributed by atoms with Crippen LogP contribution in [0.4, 0.5) is 10.1 Å². The first-order chi connectivity index (χ1) is 8.60. The summed E-state index contributed by atoms with van der Waals surface area (Å²) in [6.45, 7) is 1.75. The second-order valence-corrected chi connectivity index (χ2v) is 3.68. The van der Waals surface area contributed by atoms with E-state index in [2.05, 4.69) is 4.98 Å². The van der Waals surface area contributed by atoms with Crippen LogP contribution in [0, 0.1) is 24.1 Å². The van der Waals surface area contributed by atoms with Gasteiger partial charge in [0.1, 0.15) is 17.6 Å². The van der Waals surface area contributed by atoms with E-state index >= 15 is 0 Å². The third kappa shape index (κ3) is 2.38. The molecule has 2 aromatic rings. The van der Waals surface area contributed by atoms with E-state index < -0.39 is 5.82 Å². The minimum Gasteiger partial charge on any atom is -0.439 e. The number of halogens is 1. The van der Waals surface area contributed by atoms with Crippen molar-refractivity contribution in [1.82, 2.24) is 4.98 Å². The zero-order chi connectivity index (χ0) is 13.1. The van der Waals surface area contributed by atoms with Gasteiger partial charge >= 0.3 is 0 Å². The lowest BCUT2D eigenvalue weighted by molar-refractivity contribution is 0.457. The van der Waals surface area contributed by atoms with Gasteiger partial charge in [-0.15, -0.1) is 0 Å². The smallest absolute Gasteiger partial charge is 0.219 e. The SMILES string of the molecule is Cc1nc(Oc2ccc(C#N)c(F)c2)ccc1N. The Kier molecular flexibility index (Phi) is 3.11. The monoisotopic (exact) mass is 243 g/mol. The maximum atomic E-state index is 13.4. The van der Waals surface area contributed by atoms with Crippen molar-refractivity contribution in [3.05, 3.63) is 47.4 Å². The average Bonchev–Trinajstić information content (AvgIpc) is 2.34. The molecule has 0 aliphatic heterocycles. The molecule has 0 aliphatic carbocycles. The van der Waals surface area contributed by atoms with Crippen molar-refractivity contribution in [3.63, 3.8) is 0 Å². The first kappa shape index (κ1) is 11.9. The van der Waals surface area contributed by atoms with Crippen LogP contribution in [0.15, 0.2) is 30.3 Å². The van der Waals surface area contributed by atoms with Crippen LogP contribution >= 0.6 is 0 Å². The number of ether oxygens (including phenoxy) is 1. The molecule has 1 aromatic carbocycles. The molecule has 0 atom stereocenters. The van der Waals surface area contributed by atoms with E-state index in [4.69, 9.17) is 15.7 Å². The van der Waals surface area contributed by atoms with Gasteiger partial charge in [-0.05, 0) is 25.1 Å². The van der Waals surface area contributed by atoms with Crippen LogP contribution in [-0.2, 0) is 0 Å². The number of pyridine rings is 1. The molecule has 0 fully saturated rings. The van der Waals surface area contributed by atoms with E-state index in [-0.39, 0.29) is 11.3 Å². The van der Waals surface area contributed by atoms with Gasteiger partial charge in [0.25, 0.3) is 0 Å². The van der Waals surface area contributed by atoms with Crippen molar-refractivity contribution in [2.24, 2.45) is 0 Å². The second kappa shape index (κ2) is 4.72. The lowest BCUT2D eigenvalue weighted by Crippen LogP contribution is -1.95. The standard InChI is InChI=1S/C13H10FN3O/c1-8-12(16)4-5-13(17-8)18-10-3-2-9(7-15)11(14)6-10/h2-6H,16H2,1H3. The lowest BCUT2D eigenvalue weighted by atomic mass is 10.2. The number of aromatic nitrogens is 1. The molecule has 0 unspecified atom stereocenters. The average molecular weight is 243 g/mol. The zero-order valence-corrected chi connectivity index (χ0v) is 9.64. The Morgan fingerprint density at radius 1 is 1.33 bits per heavy atom. The summed E-state index contributed by atoms with van der Waals surface area (Å²) in [6, 6.07) is 9.01. The maximum Gasteiger partial charge on any atom is 0.219 e. The quantitative estimate of drug-likeness (QED) is 0.880. The van der Waals surface area contributed by atoms with Crippen molar-refractivity contribution in [2.45, 2.75) is 6.92 Å². The molecule has 0 saturated carbocycles. The maximum absolute atomic E-state index is 13.4. The molecule has 0 bridgehead atoms. The van der Waals surface area contributed by atoms with Gasteiger partial charge in [0.15, 0.2) is 0 Å². The summed E-state index contributed by atoms with van der Waals surface area (Å²) in [5.41, 5.74) is 6.81. The number of hydrogen-bond donors (Lipinski definition) is 1. The van der Waals surface area contributed by atoms with Gasteiger partial charge in [0, 0.05) is 12.1 Å². The molecule has 0 spiro atoms. The highest BCUT2D eigenvalue weighted by atomic mass is 19.1. The molecule has 0 amide bonds. The third-order valence-electron chi connectivity index (χ3n) is 2.38. The Morgan fingerprint density at radius 2 is 2.11 bits per heavy atom. The number of benzene rings is 1. The Morgan fingerprint density at radius 3 is 2.72 bits per heavy atom. The molecule has 2 N–H and O–H groups in total. The number of hydrogen-bond acceptors (Lipinski definition) is 4.